The molecule has 1 unspecified atom stereocenters. The molecular formula is C19H33IN4O2S. The van der Waals surface area contributed by atoms with Gasteiger partial charge >= 0.3 is 0 Å². The maximum Gasteiger partial charge on any atom is 0.193 e. The van der Waals surface area contributed by atoms with Gasteiger partial charge < -0.3 is 19.9 Å². The molecule has 1 aromatic rings. The van der Waals surface area contributed by atoms with Crippen LogP contribution < -0.4 is 15.0 Å². The van der Waals surface area contributed by atoms with Crippen LogP contribution in [0.25, 0.3) is 0 Å². The van der Waals surface area contributed by atoms with Crippen molar-refractivity contribution in [2.24, 2.45) is 4.99 Å². The molecule has 6 nitrogen and oxygen atoms in total. The highest BCUT2D eigenvalue weighted by Gasteiger charge is 2.21. The Balaban J connectivity index is 0.00000364. The first-order valence-corrected chi connectivity index (χ1v) is 10.4. The molecule has 27 heavy (non-hydrogen) atoms. The summed E-state index contributed by atoms with van der Waals surface area (Å²) >= 11 is 0. The Hall–Kier alpha value is -1.03. The van der Waals surface area contributed by atoms with Gasteiger partial charge in [0.2, 0.25) is 0 Å². The number of piperazine rings is 1. The number of ether oxygens (including phenoxy) is 1. The molecule has 1 aromatic carbocycles. The third kappa shape index (κ3) is 7.14. The third-order valence-corrected chi connectivity index (χ3v) is 6.42. The summed E-state index contributed by atoms with van der Waals surface area (Å²) in [4.78, 5) is 9.03. The molecule has 1 aliphatic rings. The fourth-order valence-electron chi connectivity index (χ4n) is 2.86. The van der Waals surface area contributed by atoms with Crippen LogP contribution in [-0.4, -0.2) is 72.4 Å². The quantitative estimate of drug-likeness (QED) is 0.377. The minimum Gasteiger partial charge on any atom is -0.497 e. The number of aliphatic imine (C=N–C) groups is 1. The highest BCUT2D eigenvalue weighted by atomic mass is 127. The van der Waals surface area contributed by atoms with Gasteiger partial charge in [0.25, 0.3) is 0 Å². The molecule has 0 bridgehead atoms. The number of rotatable bonds is 5. The maximum atomic E-state index is 12.2. The van der Waals surface area contributed by atoms with E-state index in [1.807, 2.05) is 32.9 Å². The van der Waals surface area contributed by atoms with Crippen molar-refractivity contribution in [2.45, 2.75) is 25.5 Å². The van der Waals surface area contributed by atoms with Crippen LogP contribution in [0.1, 0.15) is 20.8 Å². The second kappa shape index (κ2) is 11.1. The maximum absolute atomic E-state index is 12.2. The lowest BCUT2D eigenvalue weighted by Gasteiger charge is -2.37. The average molecular weight is 508 g/mol. The van der Waals surface area contributed by atoms with Gasteiger partial charge in [-0.1, -0.05) is 0 Å². The second-order valence-electron chi connectivity index (χ2n) is 7.31. The Morgan fingerprint density at radius 1 is 1.19 bits per heavy atom. The molecule has 8 heteroatoms. The van der Waals surface area contributed by atoms with Crippen molar-refractivity contribution in [3.8, 4) is 5.75 Å². The lowest BCUT2D eigenvalue weighted by atomic mass is 10.2. The molecule has 1 fully saturated rings. The molecule has 154 valence electrons. The van der Waals surface area contributed by atoms with Crippen LogP contribution in [0.4, 0.5) is 5.69 Å². The molecule has 1 N–H and O–H groups in total. The summed E-state index contributed by atoms with van der Waals surface area (Å²) in [5.74, 6) is 2.41. The molecule has 1 aliphatic heterocycles. The molecule has 1 saturated heterocycles. The SMILES string of the molecule is CN=C(NCCS(=O)C(C)(C)C)N1CCN(c2ccc(OC)cc2)CC1.I. The van der Waals surface area contributed by atoms with Gasteiger partial charge in [-0.2, -0.15) is 0 Å². The number of hydrogen-bond donors (Lipinski definition) is 1. The number of benzene rings is 1. The van der Waals surface area contributed by atoms with Crippen LogP contribution in [0, 0.1) is 0 Å². The van der Waals surface area contributed by atoms with Crippen molar-refractivity contribution >= 4 is 46.4 Å². The van der Waals surface area contributed by atoms with Crippen LogP contribution in [-0.2, 0) is 10.8 Å². The Kier molecular flexibility index (Phi) is 9.86. The predicted molar refractivity (Wildman–Crippen MR) is 126 cm³/mol. The van der Waals surface area contributed by atoms with Crippen LogP contribution in [0.2, 0.25) is 0 Å². The second-order valence-corrected chi connectivity index (χ2v) is 9.63. The highest BCUT2D eigenvalue weighted by molar-refractivity contribution is 14.0. The van der Waals surface area contributed by atoms with Gasteiger partial charge in [0.1, 0.15) is 5.75 Å². The van der Waals surface area contributed by atoms with Gasteiger partial charge in [-0.15, -0.1) is 24.0 Å². The van der Waals surface area contributed by atoms with E-state index >= 15 is 0 Å². The molecule has 0 radical (unpaired) electrons. The van der Waals surface area contributed by atoms with E-state index < -0.39 is 10.8 Å². The third-order valence-electron chi connectivity index (χ3n) is 4.48. The van der Waals surface area contributed by atoms with E-state index in [1.54, 1.807) is 14.2 Å². The van der Waals surface area contributed by atoms with Crippen LogP contribution in [0.3, 0.4) is 0 Å². The smallest absolute Gasteiger partial charge is 0.193 e. The molecular weight excluding hydrogens is 475 g/mol. The minimum atomic E-state index is -0.849. The van der Waals surface area contributed by atoms with Gasteiger partial charge in [0.15, 0.2) is 5.96 Å². The minimum absolute atomic E-state index is 0. The summed E-state index contributed by atoms with van der Waals surface area (Å²) in [7, 11) is 2.64. The van der Waals surface area contributed by atoms with Crippen molar-refractivity contribution in [1.29, 1.82) is 0 Å². The lowest BCUT2D eigenvalue weighted by molar-refractivity contribution is 0.373. The summed E-state index contributed by atoms with van der Waals surface area (Å²) in [6, 6.07) is 8.20. The normalized spacial score (nSPS) is 16.6. The summed E-state index contributed by atoms with van der Waals surface area (Å²) in [5.41, 5.74) is 1.22. The number of hydrogen-bond acceptors (Lipinski definition) is 4. The number of nitrogens with one attached hydrogen (secondary N) is 1. The summed E-state index contributed by atoms with van der Waals surface area (Å²) in [5, 5.41) is 3.36. The first-order chi connectivity index (χ1) is 12.3. The summed E-state index contributed by atoms with van der Waals surface area (Å²) in [6.45, 7) is 10.4. The van der Waals surface area contributed by atoms with Crippen molar-refractivity contribution in [3.05, 3.63) is 24.3 Å². The van der Waals surface area contributed by atoms with E-state index in [4.69, 9.17) is 4.74 Å². The van der Waals surface area contributed by atoms with Gasteiger partial charge in [0.05, 0.1) is 7.11 Å². The molecule has 0 amide bonds. The molecule has 0 saturated carbocycles. The molecule has 2 rings (SSSR count). The largest absolute Gasteiger partial charge is 0.497 e. The first-order valence-electron chi connectivity index (χ1n) is 9.08. The van der Waals surface area contributed by atoms with E-state index in [1.165, 1.54) is 5.69 Å². The Labute approximate surface area is 183 Å². The van der Waals surface area contributed by atoms with E-state index in [0.29, 0.717) is 12.3 Å². The van der Waals surface area contributed by atoms with Crippen molar-refractivity contribution < 1.29 is 8.95 Å². The monoisotopic (exact) mass is 508 g/mol. The van der Waals surface area contributed by atoms with E-state index in [-0.39, 0.29) is 28.7 Å². The molecule has 0 aromatic heterocycles. The zero-order valence-electron chi connectivity index (χ0n) is 17.0. The Morgan fingerprint density at radius 2 is 1.78 bits per heavy atom. The number of halogens is 1. The van der Waals surface area contributed by atoms with Gasteiger partial charge in [-0.3, -0.25) is 9.20 Å². The van der Waals surface area contributed by atoms with Crippen LogP contribution in [0.15, 0.2) is 29.3 Å². The van der Waals surface area contributed by atoms with E-state index in [9.17, 15) is 4.21 Å². The van der Waals surface area contributed by atoms with Crippen LogP contribution in [0.5, 0.6) is 5.75 Å². The molecule has 0 spiro atoms. The molecule has 1 heterocycles. The van der Waals surface area contributed by atoms with E-state index in [0.717, 1.165) is 37.9 Å². The predicted octanol–water partition coefficient (Wildman–Crippen LogP) is 2.56. The molecule has 1 atom stereocenters. The zero-order valence-corrected chi connectivity index (χ0v) is 20.2. The zero-order chi connectivity index (χ0) is 19.2. The van der Waals surface area contributed by atoms with Crippen molar-refractivity contribution in [3.63, 3.8) is 0 Å². The fraction of sp³-hybridized carbons (Fsp3) is 0.632. The number of anilines is 1. The van der Waals surface area contributed by atoms with Crippen LogP contribution >= 0.6 is 24.0 Å². The number of guanidine groups is 1. The van der Waals surface area contributed by atoms with Gasteiger partial charge in [0, 0.05) is 66.8 Å². The van der Waals surface area contributed by atoms with Gasteiger partial charge in [-0.05, 0) is 45.0 Å². The van der Waals surface area contributed by atoms with Gasteiger partial charge in [-0.25, -0.2) is 0 Å². The molecule has 0 aliphatic carbocycles. The standard InChI is InChI=1S/C19H32N4O2S.HI/c1-19(2,3)26(24)15-10-21-18(20-4)23-13-11-22(12-14-23)16-6-8-17(25-5)9-7-16;/h6-9H,10-15H2,1-5H3,(H,20,21);1H. The van der Waals surface area contributed by atoms with Crippen molar-refractivity contribution in [1.82, 2.24) is 10.2 Å². The summed E-state index contributed by atoms with van der Waals surface area (Å²) < 4.78 is 17.2. The average Bonchev–Trinajstić information content (AvgIpc) is 2.64. The van der Waals surface area contributed by atoms with Crippen molar-refractivity contribution in [2.75, 3.05) is 57.5 Å². The number of methoxy groups -OCH3 is 1. The summed E-state index contributed by atoms with van der Waals surface area (Å²) in [6.07, 6.45) is 0. The topological polar surface area (TPSA) is 57.2 Å². The Morgan fingerprint density at radius 3 is 2.26 bits per heavy atom. The van der Waals surface area contributed by atoms with E-state index in [2.05, 4.69) is 32.2 Å². The highest BCUT2D eigenvalue weighted by Crippen LogP contribution is 2.20. The fourth-order valence-corrected chi connectivity index (χ4v) is 3.76. The lowest BCUT2D eigenvalue weighted by Crippen LogP contribution is -2.53. The Bertz CT molecular complexity index is 624. The number of nitrogens with zero attached hydrogens (tertiary/aromatic N) is 3. The first kappa shape index (κ1) is 24.0.